The number of halogens is 3. The first kappa shape index (κ1) is 15.5. The molecule has 0 unspecified atom stereocenters. The molecule has 1 aliphatic heterocycles. The molecule has 0 fully saturated rings. The SMILES string of the molecule is Cn1ncc(CN2N=Cc3ccccc3S2(=O)=O)c1C(F)(F)F. The molecule has 1 aliphatic rings. The number of benzene rings is 1. The molecule has 6 nitrogen and oxygen atoms in total. The van der Waals surface area contributed by atoms with E-state index in [9.17, 15) is 21.6 Å². The number of rotatable bonds is 2. The van der Waals surface area contributed by atoms with Gasteiger partial charge in [0.15, 0.2) is 0 Å². The van der Waals surface area contributed by atoms with Crippen molar-refractivity contribution >= 4 is 16.2 Å². The summed E-state index contributed by atoms with van der Waals surface area (Å²) in [7, 11) is -2.85. The number of hydrazone groups is 1. The Labute approximate surface area is 129 Å². The van der Waals surface area contributed by atoms with Crippen LogP contribution in [0, 0.1) is 0 Å². The molecule has 10 heteroatoms. The van der Waals surface area contributed by atoms with E-state index in [0.29, 0.717) is 14.7 Å². The van der Waals surface area contributed by atoms with Crippen molar-refractivity contribution in [2.24, 2.45) is 12.1 Å². The molecule has 2 heterocycles. The van der Waals surface area contributed by atoms with Gasteiger partial charge in [0.1, 0.15) is 5.69 Å². The zero-order valence-electron chi connectivity index (χ0n) is 11.8. The highest BCUT2D eigenvalue weighted by molar-refractivity contribution is 7.89. The molecule has 0 amide bonds. The van der Waals surface area contributed by atoms with Gasteiger partial charge in [0, 0.05) is 18.2 Å². The first-order valence-electron chi connectivity index (χ1n) is 6.45. The van der Waals surface area contributed by atoms with Crippen molar-refractivity contribution in [1.29, 1.82) is 0 Å². The van der Waals surface area contributed by atoms with E-state index in [2.05, 4.69) is 10.2 Å². The van der Waals surface area contributed by atoms with Crippen molar-refractivity contribution in [1.82, 2.24) is 14.2 Å². The minimum absolute atomic E-state index is 0.00690. The predicted molar refractivity (Wildman–Crippen MR) is 75.0 cm³/mol. The molecule has 3 rings (SSSR count). The maximum atomic E-state index is 13.1. The summed E-state index contributed by atoms with van der Waals surface area (Å²) in [6, 6.07) is 6.15. The Kier molecular flexibility index (Phi) is 3.43. The molecule has 0 spiro atoms. The Bertz CT molecular complexity index is 887. The Morgan fingerprint density at radius 3 is 2.61 bits per heavy atom. The number of alkyl halides is 3. The van der Waals surface area contributed by atoms with Gasteiger partial charge >= 0.3 is 6.18 Å². The summed E-state index contributed by atoms with van der Waals surface area (Å²) >= 11 is 0. The standard InChI is InChI=1S/C13H11F3N4O2S/c1-19-12(13(14,15)16)10(7-17-19)8-20-18-6-9-4-2-3-5-11(9)23(20,21)22/h2-7H,8H2,1H3. The zero-order valence-corrected chi connectivity index (χ0v) is 12.6. The normalized spacial score (nSPS) is 16.4. The highest BCUT2D eigenvalue weighted by Gasteiger charge is 2.39. The van der Waals surface area contributed by atoms with Crippen LogP contribution in [0.2, 0.25) is 0 Å². The number of hydrogen-bond donors (Lipinski definition) is 0. The van der Waals surface area contributed by atoms with Crippen molar-refractivity contribution in [3.63, 3.8) is 0 Å². The summed E-state index contributed by atoms with van der Waals surface area (Å²) < 4.78 is 65.5. The van der Waals surface area contributed by atoms with Crippen LogP contribution in [0.25, 0.3) is 0 Å². The molecule has 0 radical (unpaired) electrons. The van der Waals surface area contributed by atoms with Crippen molar-refractivity contribution in [3.8, 4) is 0 Å². The lowest BCUT2D eigenvalue weighted by molar-refractivity contribution is -0.144. The fourth-order valence-corrected chi connectivity index (χ4v) is 3.74. The molecule has 1 aromatic carbocycles. The lowest BCUT2D eigenvalue weighted by Crippen LogP contribution is -2.30. The fraction of sp³-hybridized carbons (Fsp3) is 0.231. The summed E-state index contributed by atoms with van der Waals surface area (Å²) in [6.07, 6.45) is -2.34. The predicted octanol–water partition coefficient (Wildman–Crippen LogP) is 1.98. The number of nitrogens with zero attached hydrogens (tertiary/aromatic N) is 4. The molecule has 1 aromatic heterocycles. The topological polar surface area (TPSA) is 67.6 Å². The second-order valence-corrected chi connectivity index (χ2v) is 6.72. The molecular weight excluding hydrogens is 333 g/mol. The van der Waals surface area contributed by atoms with Crippen LogP contribution in [0.4, 0.5) is 13.2 Å². The van der Waals surface area contributed by atoms with Crippen LogP contribution < -0.4 is 0 Å². The molecule has 0 aliphatic carbocycles. The van der Waals surface area contributed by atoms with Gasteiger partial charge in [0.05, 0.1) is 23.9 Å². The molecule has 0 bridgehead atoms. The third-order valence-corrected chi connectivity index (χ3v) is 5.09. The van der Waals surface area contributed by atoms with E-state index < -0.39 is 28.4 Å². The second kappa shape index (κ2) is 5.08. The van der Waals surface area contributed by atoms with Gasteiger partial charge < -0.3 is 0 Å². The molecule has 122 valence electrons. The van der Waals surface area contributed by atoms with Gasteiger partial charge in [-0.3, -0.25) is 4.68 Å². The molecule has 0 atom stereocenters. The van der Waals surface area contributed by atoms with Gasteiger partial charge in [-0.05, 0) is 6.07 Å². The van der Waals surface area contributed by atoms with E-state index in [1.165, 1.54) is 12.3 Å². The molecule has 0 saturated carbocycles. The number of sulfonamides is 1. The number of fused-ring (bicyclic) bond motifs is 1. The van der Waals surface area contributed by atoms with E-state index in [-0.39, 0.29) is 10.5 Å². The van der Waals surface area contributed by atoms with Crippen LogP contribution in [0.15, 0.2) is 40.5 Å². The average molecular weight is 344 g/mol. The van der Waals surface area contributed by atoms with E-state index in [1.807, 2.05) is 0 Å². The van der Waals surface area contributed by atoms with E-state index in [1.54, 1.807) is 18.2 Å². The van der Waals surface area contributed by atoms with Crippen LogP contribution >= 0.6 is 0 Å². The molecule has 2 aromatic rings. The summed E-state index contributed by atoms with van der Waals surface area (Å²) in [5.41, 5.74) is -0.868. The van der Waals surface area contributed by atoms with Crippen molar-refractivity contribution in [2.45, 2.75) is 17.6 Å². The van der Waals surface area contributed by atoms with E-state index in [0.717, 1.165) is 13.2 Å². The largest absolute Gasteiger partial charge is 0.433 e. The summed E-state index contributed by atoms with van der Waals surface area (Å²) in [5.74, 6) is 0. The minimum atomic E-state index is -4.64. The van der Waals surface area contributed by atoms with Crippen molar-refractivity contribution in [2.75, 3.05) is 0 Å². The van der Waals surface area contributed by atoms with Gasteiger partial charge in [0.25, 0.3) is 10.0 Å². The first-order chi connectivity index (χ1) is 10.7. The molecule has 0 N–H and O–H groups in total. The third-order valence-electron chi connectivity index (χ3n) is 3.39. The van der Waals surface area contributed by atoms with Crippen LogP contribution in [0.3, 0.4) is 0 Å². The average Bonchev–Trinajstić information content (AvgIpc) is 2.83. The monoisotopic (exact) mass is 344 g/mol. The van der Waals surface area contributed by atoms with Crippen LogP contribution in [-0.4, -0.2) is 28.8 Å². The van der Waals surface area contributed by atoms with Crippen LogP contribution in [0.1, 0.15) is 16.8 Å². The van der Waals surface area contributed by atoms with Crippen LogP contribution in [0.5, 0.6) is 0 Å². The molecule has 23 heavy (non-hydrogen) atoms. The fourth-order valence-electron chi connectivity index (χ4n) is 2.36. The highest BCUT2D eigenvalue weighted by Crippen LogP contribution is 2.33. The molecular formula is C13H11F3N4O2S. The maximum absolute atomic E-state index is 13.1. The number of hydrogen-bond acceptors (Lipinski definition) is 4. The Morgan fingerprint density at radius 2 is 1.91 bits per heavy atom. The third kappa shape index (κ3) is 2.58. The Hall–Kier alpha value is -2.36. The van der Waals surface area contributed by atoms with Crippen molar-refractivity contribution < 1.29 is 21.6 Å². The van der Waals surface area contributed by atoms with Gasteiger partial charge in [0.2, 0.25) is 0 Å². The Morgan fingerprint density at radius 1 is 1.22 bits per heavy atom. The van der Waals surface area contributed by atoms with Crippen LogP contribution in [-0.2, 0) is 29.8 Å². The van der Waals surface area contributed by atoms with Gasteiger partial charge in [-0.2, -0.15) is 36.2 Å². The van der Waals surface area contributed by atoms with Gasteiger partial charge in [-0.15, -0.1) is 0 Å². The van der Waals surface area contributed by atoms with Gasteiger partial charge in [-0.1, -0.05) is 18.2 Å². The highest BCUT2D eigenvalue weighted by atomic mass is 32.2. The smallest absolute Gasteiger partial charge is 0.263 e. The van der Waals surface area contributed by atoms with Crippen molar-refractivity contribution in [3.05, 3.63) is 47.3 Å². The Balaban J connectivity index is 2.01. The maximum Gasteiger partial charge on any atom is 0.433 e. The zero-order chi connectivity index (χ0) is 16.8. The minimum Gasteiger partial charge on any atom is -0.263 e. The summed E-state index contributed by atoms with van der Waals surface area (Å²) in [6.45, 7) is -0.546. The lowest BCUT2D eigenvalue weighted by atomic mass is 10.2. The summed E-state index contributed by atoms with van der Waals surface area (Å²) in [5, 5.41) is 7.33. The molecule has 0 saturated heterocycles. The quantitative estimate of drug-likeness (QED) is 0.837. The summed E-state index contributed by atoms with van der Waals surface area (Å²) in [4.78, 5) is 0.00690. The van der Waals surface area contributed by atoms with E-state index >= 15 is 0 Å². The first-order valence-corrected chi connectivity index (χ1v) is 7.89. The number of aryl methyl sites for hydroxylation is 1. The number of aromatic nitrogens is 2. The van der Waals surface area contributed by atoms with E-state index in [4.69, 9.17) is 0 Å². The van der Waals surface area contributed by atoms with Gasteiger partial charge in [-0.25, -0.2) is 0 Å². The lowest BCUT2D eigenvalue weighted by Gasteiger charge is -2.23. The second-order valence-electron chi connectivity index (χ2n) is 4.91.